The van der Waals surface area contributed by atoms with Crippen molar-refractivity contribution in [3.05, 3.63) is 64.7 Å². The Kier molecular flexibility index (Phi) is 7.60. The number of hydrogen-bond donors (Lipinski definition) is 1. The van der Waals surface area contributed by atoms with E-state index < -0.39 is 39.2 Å². The number of anilines is 1. The van der Waals surface area contributed by atoms with Gasteiger partial charge in [0.1, 0.15) is 6.54 Å². The number of nitrogens with zero attached hydrogens (tertiary/aromatic N) is 1. The van der Waals surface area contributed by atoms with Crippen LogP contribution in [0.15, 0.2) is 48.5 Å². The predicted molar refractivity (Wildman–Crippen MR) is 120 cm³/mol. The SMILES string of the molecule is CS(=O)(=O)N(CC(=O)NCC1(c2ccccc2)CCOCC1)c1ccc(Cl)c(C(F)(F)F)c1. The van der Waals surface area contributed by atoms with Crippen LogP contribution in [0.2, 0.25) is 5.02 Å². The molecule has 2 aromatic rings. The molecule has 1 N–H and O–H groups in total. The van der Waals surface area contributed by atoms with Crippen LogP contribution in [-0.4, -0.2) is 46.9 Å². The lowest BCUT2D eigenvalue weighted by Gasteiger charge is -2.38. The van der Waals surface area contributed by atoms with Crippen molar-refractivity contribution >= 4 is 33.2 Å². The van der Waals surface area contributed by atoms with Crippen LogP contribution in [0.4, 0.5) is 18.9 Å². The van der Waals surface area contributed by atoms with Crippen LogP contribution in [-0.2, 0) is 31.1 Å². The fourth-order valence-corrected chi connectivity index (χ4v) is 4.93. The molecule has 0 aromatic heterocycles. The van der Waals surface area contributed by atoms with E-state index in [1.807, 2.05) is 30.3 Å². The van der Waals surface area contributed by atoms with E-state index in [4.69, 9.17) is 16.3 Å². The Hall–Kier alpha value is -2.30. The number of ether oxygens (including phenoxy) is 1. The van der Waals surface area contributed by atoms with E-state index in [0.29, 0.717) is 36.4 Å². The largest absolute Gasteiger partial charge is 0.417 e. The number of hydrogen-bond acceptors (Lipinski definition) is 4. The molecule has 1 heterocycles. The van der Waals surface area contributed by atoms with Crippen LogP contribution in [0, 0.1) is 0 Å². The highest BCUT2D eigenvalue weighted by atomic mass is 35.5. The lowest BCUT2D eigenvalue weighted by atomic mass is 9.74. The molecule has 0 bridgehead atoms. The molecular weight excluding hydrogens is 481 g/mol. The van der Waals surface area contributed by atoms with E-state index in [1.165, 1.54) is 0 Å². The van der Waals surface area contributed by atoms with Gasteiger partial charge in [-0.3, -0.25) is 9.10 Å². The average Bonchev–Trinajstić information content (AvgIpc) is 2.76. The van der Waals surface area contributed by atoms with Gasteiger partial charge in [0.05, 0.1) is 22.5 Å². The van der Waals surface area contributed by atoms with Gasteiger partial charge in [-0.2, -0.15) is 13.2 Å². The van der Waals surface area contributed by atoms with Gasteiger partial charge in [0, 0.05) is 25.2 Å². The number of benzene rings is 2. The molecule has 0 aliphatic carbocycles. The number of sulfonamides is 1. The molecule has 0 saturated carbocycles. The first-order valence-corrected chi connectivity index (χ1v) is 12.4. The second-order valence-electron chi connectivity index (χ2n) is 7.97. The standard InChI is InChI=1S/C22H24ClF3N2O4S/c1-33(30,31)28(17-7-8-19(23)18(13-17)22(24,25)26)14-20(29)27-15-21(9-11-32-12-10-21)16-5-3-2-4-6-16/h2-8,13H,9-12,14-15H2,1H3,(H,27,29). The van der Waals surface area contributed by atoms with Crippen molar-refractivity contribution in [2.45, 2.75) is 24.4 Å². The highest BCUT2D eigenvalue weighted by Crippen LogP contribution is 2.37. The van der Waals surface area contributed by atoms with E-state index in [9.17, 15) is 26.4 Å². The lowest BCUT2D eigenvalue weighted by molar-refractivity contribution is -0.137. The smallest absolute Gasteiger partial charge is 0.381 e. The van der Waals surface area contributed by atoms with Gasteiger partial charge in [0.2, 0.25) is 15.9 Å². The summed E-state index contributed by atoms with van der Waals surface area (Å²) in [6, 6.07) is 12.3. The number of carbonyl (C=O) groups is 1. The van der Waals surface area contributed by atoms with Gasteiger partial charge < -0.3 is 10.1 Å². The molecule has 11 heteroatoms. The third kappa shape index (κ3) is 6.18. The summed E-state index contributed by atoms with van der Waals surface area (Å²) in [5.41, 5.74) is -0.829. The second-order valence-corrected chi connectivity index (χ2v) is 10.3. The predicted octanol–water partition coefficient (Wildman–Crippen LogP) is 3.99. The van der Waals surface area contributed by atoms with Gasteiger partial charge in [-0.05, 0) is 36.6 Å². The first kappa shape index (κ1) is 25.3. The van der Waals surface area contributed by atoms with Crippen LogP contribution >= 0.6 is 11.6 Å². The summed E-state index contributed by atoms with van der Waals surface area (Å²) in [6.07, 6.45) is -2.62. The van der Waals surface area contributed by atoms with Crippen molar-refractivity contribution < 1.29 is 31.1 Å². The summed E-state index contributed by atoms with van der Waals surface area (Å²) in [5.74, 6) is -0.634. The molecule has 180 valence electrons. The zero-order valence-electron chi connectivity index (χ0n) is 17.9. The fourth-order valence-electron chi connectivity index (χ4n) is 3.86. The quantitative estimate of drug-likeness (QED) is 0.618. The van der Waals surface area contributed by atoms with Crippen LogP contribution in [0.3, 0.4) is 0 Å². The minimum atomic E-state index is -4.77. The molecule has 1 saturated heterocycles. The Labute approximate surface area is 195 Å². The monoisotopic (exact) mass is 504 g/mol. The second kappa shape index (κ2) is 9.90. The molecule has 1 amide bonds. The number of halogens is 4. The summed E-state index contributed by atoms with van der Waals surface area (Å²) < 4.78 is 70.5. The van der Waals surface area contributed by atoms with Gasteiger partial charge in [0.15, 0.2) is 0 Å². The Balaban J connectivity index is 1.80. The Bertz CT molecular complexity index is 1090. The number of rotatable bonds is 7. The molecule has 3 rings (SSSR count). The maximum atomic E-state index is 13.2. The van der Waals surface area contributed by atoms with Crippen molar-refractivity contribution in [2.24, 2.45) is 0 Å². The topological polar surface area (TPSA) is 75.7 Å². The fraction of sp³-hybridized carbons (Fsp3) is 0.409. The number of alkyl halides is 3. The lowest BCUT2D eigenvalue weighted by Crippen LogP contribution is -2.47. The zero-order valence-corrected chi connectivity index (χ0v) is 19.4. The molecular formula is C22H24ClF3N2O4S. The Morgan fingerprint density at radius 1 is 1.15 bits per heavy atom. The van der Waals surface area contributed by atoms with Crippen molar-refractivity contribution in [3.8, 4) is 0 Å². The van der Waals surface area contributed by atoms with Gasteiger partial charge in [-0.15, -0.1) is 0 Å². The molecule has 1 aliphatic heterocycles. The van der Waals surface area contributed by atoms with Gasteiger partial charge in [0.25, 0.3) is 0 Å². The molecule has 33 heavy (non-hydrogen) atoms. The van der Waals surface area contributed by atoms with Crippen molar-refractivity contribution in [2.75, 3.05) is 36.9 Å². The van der Waals surface area contributed by atoms with Crippen LogP contribution < -0.4 is 9.62 Å². The summed E-state index contributed by atoms with van der Waals surface area (Å²) >= 11 is 5.64. The molecule has 0 unspecified atom stereocenters. The normalized spacial score (nSPS) is 16.3. The van der Waals surface area contributed by atoms with E-state index >= 15 is 0 Å². The minimum Gasteiger partial charge on any atom is -0.381 e. The zero-order chi connectivity index (χ0) is 24.3. The Morgan fingerprint density at radius 3 is 2.36 bits per heavy atom. The summed E-state index contributed by atoms with van der Waals surface area (Å²) in [5, 5.41) is 2.21. The molecule has 1 aliphatic rings. The summed E-state index contributed by atoms with van der Waals surface area (Å²) in [7, 11) is -4.06. The third-order valence-electron chi connectivity index (χ3n) is 5.69. The van der Waals surface area contributed by atoms with Crippen molar-refractivity contribution in [3.63, 3.8) is 0 Å². The van der Waals surface area contributed by atoms with Gasteiger partial charge in [-0.25, -0.2) is 8.42 Å². The van der Waals surface area contributed by atoms with E-state index in [0.717, 1.165) is 24.0 Å². The maximum Gasteiger partial charge on any atom is 0.417 e. The van der Waals surface area contributed by atoms with Crippen molar-refractivity contribution in [1.82, 2.24) is 5.32 Å². The molecule has 0 radical (unpaired) electrons. The number of nitrogens with one attached hydrogen (secondary N) is 1. The van der Waals surface area contributed by atoms with Crippen LogP contribution in [0.25, 0.3) is 0 Å². The third-order valence-corrected chi connectivity index (χ3v) is 7.16. The first-order chi connectivity index (χ1) is 15.4. The number of carbonyl (C=O) groups excluding carboxylic acids is 1. The molecule has 0 spiro atoms. The molecule has 2 aromatic carbocycles. The van der Waals surface area contributed by atoms with Gasteiger partial charge >= 0.3 is 6.18 Å². The van der Waals surface area contributed by atoms with Crippen molar-refractivity contribution in [1.29, 1.82) is 0 Å². The minimum absolute atomic E-state index is 0.241. The number of amides is 1. The van der Waals surface area contributed by atoms with Crippen LogP contribution in [0.1, 0.15) is 24.0 Å². The first-order valence-electron chi connectivity index (χ1n) is 10.2. The van der Waals surface area contributed by atoms with E-state index in [-0.39, 0.29) is 17.6 Å². The highest BCUT2D eigenvalue weighted by molar-refractivity contribution is 7.92. The van der Waals surface area contributed by atoms with E-state index in [2.05, 4.69) is 5.32 Å². The van der Waals surface area contributed by atoms with E-state index in [1.54, 1.807) is 0 Å². The summed E-state index contributed by atoms with van der Waals surface area (Å²) in [6.45, 7) is 0.612. The molecule has 6 nitrogen and oxygen atoms in total. The highest BCUT2D eigenvalue weighted by Gasteiger charge is 2.36. The molecule has 1 fully saturated rings. The Morgan fingerprint density at radius 2 is 1.79 bits per heavy atom. The maximum absolute atomic E-state index is 13.2. The van der Waals surface area contributed by atoms with Crippen LogP contribution in [0.5, 0.6) is 0 Å². The molecule has 0 atom stereocenters. The summed E-state index contributed by atoms with van der Waals surface area (Å²) in [4.78, 5) is 12.7. The van der Waals surface area contributed by atoms with Gasteiger partial charge in [-0.1, -0.05) is 41.9 Å². The average molecular weight is 505 g/mol.